The van der Waals surface area contributed by atoms with Crippen LogP contribution < -0.4 is 0 Å². The van der Waals surface area contributed by atoms with Crippen LogP contribution in [0.2, 0.25) is 0 Å². The largest absolute Gasteiger partial charge is 0.460 e. The Kier molecular flexibility index (Phi) is 9.18. The van der Waals surface area contributed by atoms with Gasteiger partial charge in [0.2, 0.25) is 0 Å². The van der Waals surface area contributed by atoms with Crippen molar-refractivity contribution in [1.82, 2.24) is 0 Å². The molecule has 0 amide bonds. The zero-order valence-electron chi connectivity index (χ0n) is 9.83. The monoisotopic (exact) mass is 214 g/mol. The summed E-state index contributed by atoms with van der Waals surface area (Å²) >= 11 is 0. The van der Waals surface area contributed by atoms with Gasteiger partial charge in [0, 0.05) is 13.2 Å². The van der Waals surface area contributed by atoms with E-state index in [2.05, 4.69) is 13.5 Å². The van der Waals surface area contributed by atoms with Crippen LogP contribution in [-0.2, 0) is 14.3 Å². The van der Waals surface area contributed by atoms with Crippen molar-refractivity contribution in [1.29, 1.82) is 0 Å². The van der Waals surface area contributed by atoms with Crippen LogP contribution in [0.15, 0.2) is 12.7 Å². The SMILES string of the molecule is C=CC(=O)OCC(CCCCCC)OC. The minimum atomic E-state index is -0.384. The Hall–Kier alpha value is -0.830. The summed E-state index contributed by atoms with van der Waals surface area (Å²) in [6.45, 7) is 5.84. The van der Waals surface area contributed by atoms with Crippen molar-refractivity contribution in [2.24, 2.45) is 0 Å². The number of unbranched alkanes of at least 4 members (excludes halogenated alkanes) is 3. The Labute approximate surface area is 92.5 Å². The van der Waals surface area contributed by atoms with Crippen LogP contribution in [0.1, 0.15) is 39.0 Å². The third kappa shape index (κ3) is 8.18. The standard InChI is InChI=1S/C12H22O3/c1-4-6-7-8-9-11(14-3)10-15-12(13)5-2/h5,11H,2,4,6-10H2,1,3H3. The van der Waals surface area contributed by atoms with Gasteiger partial charge in [-0.25, -0.2) is 4.79 Å². The second kappa shape index (κ2) is 9.71. The molecule has 0 heterocycles. The van der Waals surface area contributed by atoms with Gasteiger partial charge in [0.1, 0.15) is 6.61 Å². The van der Waals surface area contributed by atoms with Gasteiger partial charge in [0.15, 0.2) is 0 Å². The van der Waals surface area contributed by atoms with E-state index in [1.807, 2.05) is 0 Å². The molecule has 0 bridgehead atoms. The third-order valence-electron chi connectivity index (χ3n) is 2.29. The molecule has 0 aliphatic heterocycles. The maximum Gasteiger partial charge on any atom is 0.330 e. The van der Waals surface area contributed by atoms with Crippen molar-refractivity contribution in [2.45, 2.75) is 45.1 Å². The minimum absolute atomic E-state index is 0.0192. The fourth-order valence-electron chi connectivity index (χ4n) is 1.30. The van der Waals surface area contributed by atoms with Crippen LogP contribution in [0.4, 0.5) is 0 Å². The van der Waals surface area contributed by atoms with Gasteiger partial charge in [0.25, 0.3) is 0 Å². The van der Waals surface area contributed by atoms with Gasteiger partial charge in [-0.05, 0) is 6.42 Å². The van der Waals surface area contributed by atoms with Gasteiger partial charge in [0.05, 0.1) is 6.10 Å². The van der Waals surface area contributed by atoms with Crippen molar-refractivity contribution in [3.8, 4) is 0 Å². The van der Waals surface area contributed by atoms with E-state index in [1.165, 1.54) is 25.3 Å². The van der Waals surface area contributed by atoms with Crippen LogP contribution in [0.3, 0.4) is 0 Å². The number of hydrogen-bond donors (Lipinski definition) is 0. The van der Waals surface area contributed by atoms with E-state index < -0.39 is 0 Å². The molecular formula is C12H22O3. The van der Waals surface area contributed by atoms with Gasteiger partial charge in [-0.15, -0.1) is 0 Å². The first-order chi connectivity index (χ1) is 7.24. The second-order valence-electron chi connectivity index (χ2n) is 3.54. The molecule has 0 aliphatic carbocycles. The molecule has 0 aromatic rings. The molecule has 0 aromatic carbocycles. The van der Waals surface area contributed by atoms with Crippen LogP contribution in [0.25, 0.3) is 0 Å². The lowest BCUT2D eigenvalue weighted by molar-refractivity contribution is -0.141. The lowest BCUT2D eigenvalue weighted by Crippen LogP contribution is -2.20. The predicted molar refractivity (Wildman–Crippen MR) is 60.7 cm³/mol. The molecule has 3 heteroatoms. The molecule has 3 nitrogen and oxygen atoms in total. The van der Waals surface area contributed by atoms with Crippen molar-refractivity contribution < 1.29 is 14.3 Å². The lowest BCUT2D eigenvalue weighted by Gasteiger charge is -2.14. The van der Waals surface area contributed by atoms with E-state index in [9.17, 15) is 4.79 Å². The van der Waals surface area contributed by atoms with Gasteiger partial charge in [-0.2, -0.15) is 0 Å². The van der Waals surface area contributed by atoms with Crippen molar-refractivity contribution in [3.05, 3.63) is 12.7 Å². The zero-order valence-corrected chi connectivity index (χ0v) is 9.83. The zero-order chi connectivity index (χ0) is 11.5. The topological polar surface area (TPSA) is 35.5 Å². The highest BCUT2D eigenvalue weighted by Gasteiger charge is 2.08. The number of hydrogen-bond acceptors (Lipinski definition) is 3. The lowest BCUT2D eigenvalue weighted by atomic mass is 10.1. The number of ether oxygens (including phenoxy) is 2. The molecular weight excluding hydrogens is 192 g/mol. The average Bonchev–Trinajstić information content (AvgIpc) is 2.27. The molecule has 0 aromatic heterocycles. The molecule has 0 aliphatic rings. The average molecular weight is 214 g/mol. The van der Waals surface area contributed by atoms with E-state index in [-0.39, 0.29) is 12.1 Å². The highest BCUT2D eigenvalue weighted by Crippen LogP contribution is 2.08. The molecule has 0 fully saturated rings. The van der Waals surface area contributed by atoms with Crippen LogP contribution in [0, 0.1) is 0 Å². The smallest absolute Gasteiger partial charge is 0.330 e. The molecule has 0 saturated heterocycles. The van der Waals surface area contributed by atoms with Crippen molar-refractivity contribution in [3.63, 3.8) is 0 Å². The molecule has 0 radical (unpaired) electrons. The van der Waals surface area contributed by atoms with Crippen LogP contribution >= 0.6 is 0 Å². The summed E-state index contributed by atoms with van der Waals surface area (Å²) in [7, 11) is 1.65. The first-order valence-electron chi connectivity index (χ1n) is 5.56. The highest BCUT2D eigenvalue weighted by atomic mass is 16.6. The normalized spacial score (nSPS) is 12.1. The van der Waals surface area contributed by atoms with E-state index in [1.54, 1.807) is 7.11 Å². The first-order valence-corrected chi connectivity index (χ1v) is 5.56. The number of carbonyl (C=O) groups excluding carboxylic acids is 1. The maximum atomic E-state index is 10.8. The fourth-order valence-corrected chi connectivity index (χ4v) is 1.30. The Balaban J connectivity index is 3.54. The third-order valence-corrected chi connectivity index (χ3v) is 2.29. The Morgan fingerprint density at radius 3 is 2.67 bits per heavy atom. The number of esters is 1. The molecule has 0 spiro atoms. The van der Waals surface area contributed by atoms with E-state index in [4.69, 9.17) is 9.47 Å². The molecule has 0 N–H and O–H groups in total. The van der Waals surface area contributed by atoms with Gasteiger partial charge in [-0.3, -0.25) is 0 Å². The van der Waals surface area contributed by atoms with E-state index in [0.717, 1.165) is 12.8 Å². The summed E-state index contributed by atoms with van der Waals surface area (Å²) < 4.78 is 10.1. The summed E-state index contributed by atoms with van der Waals surface area (Å²) in [6.07, 6.45) is 6.95. The van der Waals surface area contributed by atoms with Gasteiger partial charge >= 0.3 is 5.97 Å². The summed E-state index contributed by atoms with van der Waals surface area (Å²) in [6, 6.07) is 0. The van der Waals surface area contributed by atoms with E-state index >= 15 is 0 Å². The molecule has 0 saturated carbocycles. The van der Waals surface area contributed by atoms with Gasteiger partial charge < -0.3 is 9.47 Å². The Morgan fingerprint density at radius 2 is 2.13 bits per heavy atom. The summed E-state index contributed by atoms with van der Waals surface area (Å²) in [5.74, 6) is -0.384. The fraction of sp³-hybridized carbons (Fsp3) is 0.750. The number of carbonyl (C=O) groups is 1. The molecule has 1 unspecified atom stereocenters. The summed E-state index contributed by atoms with van der Waals surface area (Å²) in [5.41, 5.74) is 0. The van der Waals surface area contributed by atoms with Crippen molar-refractivity contribution >= 4 is 5.97 Å². The Morgan fingerprint density at radius 1 is 1.40 bits per heavy atom. The highest BCUT2D eigenvalue weighted by molar-refractivity contribution is 5.81. The van der Waals surface area contributed by atoms with E-state index in [0.29, 0.717) is 6.61 Å². The van der Waals surface area contributed by atoms with Crippen molar-refractivity contribution in [2.75, 3.05) is 13.7 Å². The molecule has 15 heavy (non-hydrogen) atoms. The number of rotatable bonds is 9. The summed E-state index contributed by atoms with van der Waals surface area (Å²) in [5, 5.41) is 0. The van der Waals surface area contributed by atoms with Crippen LogP contribution in [-0.4, -0.2) is 25.8 Å². The quantitative estimate of drug-likeness (QED) is 0.336. The molecule has 88 valence electrons. The predicted octanol–water partition coefficient (Wildman–Crippen LogP) is 2.70. The molecule has 1 atom stereocenters. The van der Waals surface area contributed by atoms with Gasteiger partial charge in [-0.1, -0.05) is 39.2 Å². The number of methoxy groups -OCH3 is 1. The summed E-state index contributed by atoms with van der Waals surface area (Å²) in [4.78, 5) is 10.8. The molecule has 0 rings (SSSR count). The maximum absolute atomic E-state index is 10.8. The van der Waals surface area contributed by atoms with Crippen LogP contribution in [0.5, 0.6) is 0 Å². The Bertz CT molecular complexity index is 178. The second-order valence-corrected chi connectivity index (χ2v) is 3.54. The first kappa shape index (κ1) is 14.2. The minimum Gasteiger partial charge on any atom is -0.460 e.